The number of aliphatic carboxylic acids is 1. The lowest BCUT2D eigenvalue weighted by atomic mass is 10.1. The highest BCUT2D eigenvalue weighted by atomic mass is 32.1. The second kappa shape index (κ2) is 2.29. The maximum absolute atomic E-state index is 10.6. The van der Waals surface area contributed by atoms with E-state index in [1.54, 1.807) is 6.20 Å². The Morgan fingerprint density at radius 2 is 2.67 bits per heavy atom. The van der Waals surface area contributed by atoms with E-state index < -0.39 is 5.97 Å². The number of carbonyl (C=O) groups is 1. The van der Waals surface area contributed by atoms with Gasteiger partial charge in [-0.2, -0.15) is 0 Å². The second-order valence-electron chi connectivity index (χ2n) is 3.35. The summed E-state index contributed by atoms with van der Waals surface area (Å²) in [5.41, 5.74) is -0.181. The summed E-state index contributed by atoms with van der Waals surface area (Å²) in [6.45, 7) is 1.96. The average molecular weight is 183 g/mol. The van der Waals surface area contributed by atoms with Crippen molar-refractivity contribution < 1.29 is 9.90 Å². The van der Waals surface area contributed by atoms with Crippen LogP contribution in [-0.4, -0.2) is 16.1 Å². The normalized spacial score (nSPS) is 33.2. The van der Waals surface area contributed by atoms with Crippen molar-refractivity contribution in [2.24, 2.45) is 5.92 Å². The molecule has 12 heavy (non-hydrogen) atoms. The Kier molecular flexibility index (Phi) is 1.48. The Bertz CT molecular complexity index is 309. The summed E-state index contributed by atoms with van der Waals surface area (Å²) in [4.78, 5) is 14.8. The Hall–Kier alpha value is -0.900. The third-order valence-electron chi connectivity index (χ3n) is 2.46. The monoisotopic (exact) mass is 183 g/mol. The molecule has 0 saturated heterocycles. The molecule has 4 heteroatoms. The van der Waals surface area contributed by atoms with Gasteiger partial charge in [0.2, 0.25) is 0 Å². The van der Waals surface area contributed by atoms with Crippen LogP contribution in [0.5, 0.6) is 0 Å². The average Bonchev–Trinajstić information content (AvgIpc) is 2.52. The summed E-state index contributed by atoms with van der Waals surface area (Å²) in [5, 5.41) is 11.6. The third-order valence-corrected chi connectivity index (χ3v) is 3.51. The number of hydrogen-bond donors (Lipinski definition) is 1. The Morgan fingerprint density at radius 3 is 3.08 bits per heavy atom. The van der Waals surface area contributed by atoms with Gasteiger partial charge < -0.3 is 5.11 Å². The molecule has 0 amide bonds. The topological polar surface area (TPSA) is 50.2 Å². The van der Waals surface area contributed by atoms with Gasteiger partial charge in [-0.25, -0.2) is 4.98 Å². The van der Waals surface area contributed by atoms with E-state index in [0.717, 1.165) is 11.4 Å². The maximum atomic E-state index is 10.6. The van der Waals surface area contributed by atoms with Gasteiger partial charge in [-0.15, -0.1) is 11.3 Å². The van der Waals surface area contributed by atoms with Crippen LogP contribution in [0.25, 0.3) is 0 Å². The number of carboxylic acid groups (broad SMARTS) is 1. The molecule has 2 rings (SSSR count). The van der Waals surface area contributed by atoms with Crippen LogP contribution >= 0.6 is 11.3 Å². The lowest BCUT2D eigenvalue weighted by Gasteiger charge is -2.03. The van der Waals surface area contributed by atoms with E-state index in [0.29, 0.717) is 0 Å². The second-order valence-corrected chi connectivity index (χ2v) is 4.24. The Labute approximate surface area is 74.1 Å². The highest BCUT2D eigenvalue weighted by Gasteiger charge is 2.57. The predicted molar refractivity (Wildman–Crippen MR) is 45.2 cm³/mol. The van der Waals surface area contributed by atoms with Gasteiger partial charge in [0.05, 0.1) is 10.9 Å². The van der Waals surface area contributed by atoms with Crippen LogP contribution in [0.4, 0.5) is 0 Å². The summed E-state index contributed by atoms with van der Waals surface area (Å²) < 4.78 is 0. The zero-order valence-corrected chi connectivity index (χ0v) is 7.47. The Balaban J connectivity index is 2.23. The Morgan fingerprint density at radius 1 is 1.92 bits per heavy atom. The molecule has 1 N–H and O–H groups in total. The standard InChI is InChI=1S/C8H9NO2S/c1-8(4-5(8)6(10)11)7-9-2-3-12-7/h2-3,5H,4H2,1H3,(H,10,11). The number of nitrogens with zero attached hydrogens (tertiary/aromatic N) is 1. The first-order chi connectivity index (χ1) is 5.64. The smallest absolute Gasteiger partial charge is 0.307 e. The van der Waals surface area contributed by atoms with Gasteiger partial charge in [0, 0.05) is 17.0 Å². The molecule has 1 aliphatic rings. The number of aromatic nitrogens is 1. The predicted octanol–water partition coefficient (Wildman–Crippen LogP) is 1.51. The van der Waals surface area contributed by atoms with Crippen LogP contribution in [0.2, 0.25) is 0 Å². The van der Waals surface area contributed by atoms with E-state index in [-0.39, 0.29) is 11.3 Å². The molecule has 0 bridgehead atoms. The highest BCUT2D eigenvalue weighted by Crippen LogP contribution is 2.54. The van der Waals surface area contributed by atoms with E-state index in [2.05, 4.69) is 4.98 Å². The number of carboxylic acids is 1. The molecule has 1 heterocycles. The van der Waals surface area contributed by atoms with Gasteiger partial charge in [0.25, 0.3) is 0 Å². The first-order valence-corrected chi connectivity index (χ1v) is 4.65. The van der Waals surface area contributed by atoms with Crippen LogP contribution in [0, 0.1) is 5.92 Å². The van der Waals surface area contributed by atoms with E-state index in [4.69, 9.17) is 5.11 Å². The minimum atomic E-state index is -0.701. The zero-order chi connectivity index (χ0) is 8.77. The van der Waals surface area contributed by atoms with Crippen molar-refractivity contribution in [1.82, 2.24) is 4.98 Å². The van der Waals surface area contributed by atoms with E-state index in [1.165, 1.54) is 11.3 Å². The van der Waals surface area contributed by atoms with Crippen LogP contribution in [0.3, 0.4) is 0 Å². The summed E-state index contributed by atoms with van der Waals surface area (Å²) in [7, 11) is 0. The van der Waals surface area contributed by atoms with Crippen molar-refractivity contribution in [3.8, 4) is 0 Å². The summed E-state index contributed by atoms with van der Waals surface area (Å²) in [6.07, 6.45) is 2.46. The fourth-order valence-electron chi connectivity index (χ4n) is 1.47. The van der Waals surface area contributed by atoms with E-state index >= 15 is 0 Å². The van der Waals surface area contributed by atoms with E-state index in [1.807, 2.05) is 12.3 Å². The van der Waals surface area contributed by atoms with Gasteiger partial charge in [0.1, 0.15) is 0 Å². The van der Waals surface area contributed by atoms with Crippen molar-refractivity contribution in [1.29, 1.82) is 0 Å². The molecule has 0 aromatic carbocycles. The fraction of sp³-hybridized carbons (Fsp3) is 0.500. The molecule has 1 aromatic rings. The molecule has 0 spiro atoms. The molecule has 0 radical (unpaired) electrons. The minimum absolute atomic E-state index is 0.181. The number of rotatable bonds is 2. The van der Waals surface area contributed by atoms with Crippen LogP contribution in [-0.2, 0) is 10.2 Å². The first-order valence-electron chi connectivity index (χ1n) is 3.77. The van der Waals surface area contributed by atoms with Crippen molar-refractivity contribution >= 4 is 17.3 Å². The molecule has 0 aliphatic heterocycles. The molecular formula is C8H9NO2S. The summed E-state index contributed by atoms with van der Waals surface area (Å²) in [5.74, 6) is -0.920. The van der Waals surface area contributed by atoms with Gasteiger partial charge in [0.15, 0.2) is 0 Å². The SMILES string of the molecule is CC1(c2nccs2)CC1C(=O)O. The van der Waals surface area contributed by atoms with Crippen LogP contribution in [0.15, 0.2) is 11.6 Å². The van der Waals surface area contributed by atoms with Gasteiger partial charge in [-0.3, -0.25) is 4.79 Å². The number of thiazole rings is 1. The van der Waals surface area contributed by atoms with Gasteiger partial charge >= 0.3 is 5.97 Å². The maximum Gasteiger partial charge on any atom is 0.307 e. The lowest BCUT2D eigenvalue weighted by molar-refractivity contribution is -0.138. The molecule has 3 nitrogen and oxygen atoms in total. The van der Waals surface area contributed by atoms with Crippen molar-refractivity contribution in [3.63, 3.8) is 0 Å². The third kappa shape index (κ3) is 0.948. The van der Waals surface area contributed by atoms with Crippen molar-refractivity contribution in [2.75, 3.05) is 0 Å². The van der Waals surface area contributed by atoms with Crippen LogP contribution < -0.4 is 0 Å². The highest BCUT2D eigenvalue weighted by molar-refractivity contribution is 7.09. The van der Waals surface area contributed by atoms with Crippen LogP contribution in [0.1, 0.15) is 18.4 Å². The molecule has 1 fully saturated rings. The quantitative estimate of drug-likeness (QED) is 0.756. The minimum Gasteiger partial charge on any atom is -0.481 e. The summed E-state index contributed by atoms with van der Waals surface area (Å²) in [6, 6.07) is 0. The molecule has 2 atom stereocenters. The van der Waals surface area contributed by atoms with Gasteiger partial charge in [-0.05, 0) is 6.42 Å². The lowest BCUT2D eigenvalue weighted by Crippen LogP contribution is -2.10. The molecule has 2 unspecified atom stereocenters. The summed E-state index contributed by atoms with van der Waals surface area (Å²) >= 11 is 1.54. The van der Waals surface area contributed by atoms with Crippen molar-refractivity contribution in [2.45, 2.75) is 18.8 Å². The number of hydrogen-bond acceptors (Lipinski definition) is 3. The zero-order valence-electron chi connectivity index (χ0n) is 6.65. The first kappa shape index (κ1) is 7.73. The van der Waals surface area contributed by atoms with Gasteiger partial charge in [-0.1, -0.05) is 6.92 Å². The van der Waals surface area contributed by atoms with E-state index in [9.17, 15) is 4.79 Å². The fourth-order valence-corrected chi connectivity index (χ4v) is 2.33. The molecular weight excluding hydrogens is 174 g/mol. The molecule has 64 valence electrons. The largest absolute Gasteiger partial charge is 0.481 e. The molecule has 1 aliphatic carbocycles. The van der Waals surface area contributed by atoms with Crippen molar-refractivity contribution in [3.05, 3.63) is 16.6 Å². The molecule has 1 saturated carbocycles. The molecule has 1 aromatic heterocycles.